The normalized spacial score (nSPS) is 15.0. The highest BCUT2D eigenvalue weighted by Crippen LogP contribution is 2.32. The van der Waals surface area contributed by atoms with Crippen LogP contribution >= 0.6 is 11.6 Å². The Kier molecular flexibility index (Phi) is 6.29. The Morgan fingerprint density at radius 1 is 1.14 bits per heavy atom. The molecule has 1 aliphatic heterocycles. The Bertz CT molecular complexity index is 1020. The number of methoxy groups -OCH3 is 1. The van der Waals surface area contributed by atoms with Crippen LogP contribution in [0.15, 0.2) is 42.5 Å². The Labute approximate surface area is 173 Å². The van der Waals surface area contributed by atoms with Crippen LogP contribution in [-0.2, 0) is 26.2 Å². The number of carbonyl (C=O) groups is 2. The Balaban J connectivity index is 1.70. The first kappa shape index (κ1) is 20.9. The van der Waals surface area contributed by atoms with Crippen molar-refractivity contribution < 1.29 is 22.7 Å². The first-order valence-corrected chi connectivity index (χ1v) is 10.8. The van der Waals surface area contributed by atoms with E-state index in [1.165, 1.54) is 17.5 Å². The molecule has 154 valence electrons. The van der Waals surface area contributed by atoms with Gasteiger partial charge < -0.3 is 15.4 Å². The zero-order valence-electron chi connectivity index (χ0n) is 15.6. The third-order valence-electron chi connectivity index (χ3n) is 4.39. The quantitative estimate of drug-likeness (QED) is 0.697. The highest BCUT2D eigenvalue weighted by atomic mass is 35.5. The van der Waals surface area contributed by atoms with Crippen LogP contribution in [0, 0.1) is 0 Å². The maximum atomic E-state index is 12.3. The molecule has 29 heavy (non-hydrogen) atoms. The van der Waals surface area contributed by atoms with Gasteiger partial charge in [-0.1, -0.05) is 23.7 Å². The fraction of sp³-hybridized carbons (Fsp3) is 0.263. The molecule has 0 bridgehead atoms. The fourth-order valence-electron chi connectivity index (χ4n) is 2.92. The number of carbonyl (C=O) groups excluding carboxylic acids is 2. The molecule has 0 radical (unpaired) electrons. The average molecular weight is 438 g/mol. The maximum absolute atomic E-state index is 12.3. The van der Waals surface area contributed by atoms with Gasteiger partial charge in [-0.25, -0.2) is 8.42 Å². The van der Waals surface area contributed by atoms with E-state index in [-0.39, 0.29) is 18.0 Å². The minimum absolute atomic E-state index is 0.0772. The number of rotatable bonds is 5. The summed E-state index contributed by atoms with van der Waals surface area (Å²) in [6, 6.07) is 11.5. The summed E-state index contributed by atoms with van der Waals surface area (Å²) in [4.78, 5) is 24.4. The Morgan fingerprint density at radius 3 is 2.48 bits per heavy atom. The van der Waals surface area contributed by atoms with Gasteiger partial charge in [-0.15, -0.1) is 0 Å². The lowest BCUT2D eigenvalue weighted by molar-refractivity contribution is -0.136. The van der Waals surface area contributed by atoms with Crippen LogP contribution in [0.3, 0.4) is 0 Å². The predicted molar refractivity (Wildman–Crippen MR) is 111 cm³/mol. The highest BCUT2D eigenvalue weighted by Gasteiger charge is 2.29. The van der Waals surface area contributed by atoms with E-state index in [0.717, 1.165) is 5.56 Å². The van der Waals surface area contributed by atoms with Crippen molar-refractivity contribution in [3.05, 3.63) is 53.1 Å². The number of sulfonamides is 1. The molecule has 0 saturated carbocycles. The second-order valence-corrected chi connectivity index (χ2v) is 8.84. The van der Waals surface area contributed by atoms with E-state index in [2.05, 4.69) is 10.6 Å². The number of nitrogens with zero attached hydrogens (tertiary/aromatic N) is 1. The minimum Gasteiger partial charge on any atom is -0.495 e. The van der Waals surface area contributed by atoms with Crippen molar-refractivity contribution in [2.45, 2.75) is 13.0 Å². The van der Waals surface area contributed by atoms with Crippen molar-refractivity contribution in [3.8, 4) is 5.75 Å². The molecule has 1 fully saturated rings. The van der Waals surface area contributed by atoms with Crippen LogP contribution in [-0.4, -0.2) is 39.6 Å². The minimum atomic E-state index is -3.37. The Hall–Kier alpha value is -2.78. The zero-order chi connectivity index (χ0) is 21.0. The number of benzene rings is 2. The molecule has 2 aromatic carbocycles. The van der Waals surface area contributed by atoms with Crippen molar-refractivity contribution >= 4 is 44.8 Å². The molecule has 1 saturated heterocycles. The SMILES string of the molecule is COc1ccc(N2CCCS2(=O)=O)cc1NC(=O)C(=O)NCc1ccc(Cl)cc1. The van der Waals surface area contributed by atoms with Gasteiger partial charge in [0.25, 0.3) is 0 Å². The molecule has 0 aromatic heterocycles. The second kappa shape index (κ2) is 8.71. The molecule has 3 rings (SSSR count). The van der Waals surface area contributed by atoms with Crippen molar-refractivity contribution in [1.82, 2.24) is 5.32 Å². The van der Waals surface area contributed by atoms with Crippen LogP contribution in [0.2, 0.25) is 5.02 Å². The van der Waals surface area contributed by atoms with E-state index in [9.17, 15) is 18.0 Å². The summed E-state index contributed by atoms with van der Waals surface area (Å²) in [5, 5.41) is 5.57. The number of amides is 2. The van der Waals surface area contributed by atoms with Crippen molar-refractivity contribution in [3.63, 3.8) is 0 Å². The first-order chi connectivity index (χ1) is 13.8. The average Bonchev–Trinajstić information content (AvgIpc) is 3.06. The highest BCUT2D eigenvalue weighted by molar-refractivity contribution is 7.93. The molecule has 0 aliphatic carbocycles. The third-order valence-corrected chi connectivity index (χ3v) is 6.51. The summed E-state index contributed by atoms with van der Waals surface area (Å²) in [6.07, 6.45) is 0.531. The molecule has 8 nitrogen and oxygen atoms in total. The van der Waals surface area contributed by atoms with Crippen molar-refractivity contribution in [2.75, 3.05) is 29.0 Å². The van der Waals surface area contributed by atoms with E-state index in [0.29, 0.717) is 29.4 Å². The second-order valence-electron chi connectivity index (χ2n) is 6.39. The van der Waals surface area contributed by atoms with Crippen LogP contribution in [0.5, 0.6) is 5.75 Å². The van der Waals surface area contributed by atoms with E-state index in [1.807, 2.05) is 0 Å². The van der Waals surface area contributed by atoms with Crippen molar-refractivity contribution in [1.29, 1.82) is 0 Å². The van der Waals surface area contributed by atoms with Gasteiger partial charge in [0.1, 0.15) is 5.75 Å². The molecular weight excluding hydrogens is 418 g/mol. The number of nitrogens with one attached hydrogen (secondary N) is 2. The van der Waals surface area contributed by atoms with Gasteiger partial charge in [0, 0.05) is 18.1 Å². The molecule has 2 aromatic rings. The lowest BCUT2D eigenvalue weighted by Gasteiger charge is -2.19. The van der Waals surface area contributed by atoms with Gasteiger partial charge in [-0.2, -0.15) is 0 Å². The summed E-state index contributed by atoms with van der Waals surface area (Å²) in [7, 11) is -1.96. The molecule has 2 amide bonds. The zero-order valence-corrected chi connectivity index (χ0v) is 17.2. The summed E-state index contributed by atoms with van der Waals surface area (Å²) >= 11 is 5.82. The summed E-state index contributed by atoms with van der Waals surface area (Å²) in [5.41, 5.74) is 1.40. The largest absolute Gasteiger partial charge is 0.495 e. The molecular formula is C19H20ClN3O5S. The molecule has 10 heteroatoms. The number of hydrogen-bond acceptors (Lipinski definition) is 5. The number of hydrogen-bond donors (Lipinski definition) is 2. The lowest BCUT2D eigenvalue weighted by atomic mass is 10.2. The van der Waals surface area contributed by atoms with Gasteiger partial charge >= 0.3 is 11.8 Å². The molecule has 0 unspecified atom stereocenters. The number of halogens is 1. The monoisotopic (exact) mass is 437 g/mol. The van der Waals surface area contributed by atoms with E-state index in [1.54, 1.807) is 36.4 Å². The van der Waals surface area contributed by atoms with Gasteiger partial charge in [0.2, 0.25) is 10.0 Å². The van der Waals surface area contributed by atoms with Gasteiger partial charge in [0.15, 0.2) is 0 Å². The number of anilines is 2. The fourth-order valence-corrected chi connectivity index (χ4v) is 4.60. The predicted octanol–water partition coefficient (Wildman–Crippen LogP) is 2.14. The van der Waals surface area contributed by atoms with Gasteiger partial charge in [-0.05, 0) is 42.3 Å². The van der Waals surface area contributed by atoms with Gasteiger partial charge in [0.05, 0.1) is 24.2 Å². The molecule has 0 spiro atoms. The molecule has 1 heterocycles. The van der Waals surface area contributed by atoms with E-state index < -0.39 is 21.8 Å². The van der Waals surface area contributed by atoms with Crippen LogP contribution in [0.4, 0.5) is 11.4 Å². The Morgan fingerprint density at radius 2 is 1.86 bits per heavy atom. The lowest BCUT2D eigenvalue weighted by Crippen LogP contribution is -2.35. The van der Waals surface area contributed by atoms with E-state index >= 15 is 0 Å². The standard InChI is InChI=1S/C19H20ClN3O5S/c1-28-17-8-7-15(23-9-2-10-29(23,26)27)11-16(17)22-19(25)18(24)21-12-13-3-5-14(20)6-4-13/h3-8,11H,2,9-10,12H2,1H3,(H,21,24)(H,22,25). The smallest absolute Gasteiger partial charge is 0.313 e. The van der Waals surface area contributed by atoms with Crippen LogP contribution in [0.25, 0.3) is 0 Å². The summed E-state index contributed by atoms with van der Waals surface area (Å²) in [5.74, 6) is -1.34. The third kappa shape index (κ3) is 4.99. The summed E-state index contributed by atoms with van der Waals surface area (Å²) in [6.45, 7) is 0.524. The van der Waals surface area contributed by atoms with E-state index in [4.69, 9.17) is 16.3 Å². The van der Waals surface area contributed by atoms with Crippen molar-refractivity contribution in [2.24, 2.45) is 0 Å². The van der Waals surface area contributed by atoms with Crippen LogP contribution in [0.1, 0.15) is 12.0 Å². The molecule has 2 N–H and O–H groups in total. The van der Waals surface area contributed by atoms with Crippen LogP contribution < -0.4 is 19.7 Å². The van der Waals surface area contributed by atoms with Gasteiger partial charge in [-0.3, -0.25) is 13.9 Å². The first-order valence-electron chi connectivity index (χ1n) is 8.82. The topological polar surface area (TPSA) is 105 Å². The number of ether oxygens (including phenoxy) is 1. The molecule has 1 aliphatic rings. The summed E-state index contributed by atoms with van der Waals surface area (Å²) < 4.78 is 30.8. The maximum Gasteiger partial charge on any atom is 0.313 e. The molecule has 0 atom stereocenters.